The van der Waals surface area contributed by atoms with E-state index in [-0.39, 0.29) is 16.5 Å². The van der Waals surface area contributed by atoms with Crippen LogP contribution in [0.25, 0.3) is 0 Å². The van der Waals surface area contributed by atoms with Crippen LogP contribution in [0.1, 0.15) is 5.56 Å². The van der Waals surface area contributed by atoms with Crippen molar-refractivity contribution in [2.24, 2.45) is 17.3 Å². The molecule has 0 aromatic carbocycles. The van der Waals surface area contributed by atoms with Crippen LogP contribution in [0.4, 0.5) is 0 Å². The lowest BCUT2D eigenvalue weighted by molar-refractivity contribution is 0.0653. The molecule has 1 aliphatic heterocycles. The summed E-state index contributed by atoms with van der Waals surface area (Å²) in [5.41, 5.74) is 0.199. The number of aromatic nitrogens is 2. The van der Waals surface area contributed by atoms with Gasteiger partial charge >= 0.3 is 0 Å². The molecule has 0 radical (unpaired) electrons. The van der Waals surface area contributed by atoms with Crippen LogP contribution in [-0.4, -0.2) is 37.3 Å². The smallest absolute Gasteiger partial charge is 0.262 e. The maximum Gasteiger partial charge on any atom is 0.262 e. The highest BCUT2D eigenvalue weighted by Crippen LogP contribution is 2.16. The monoisotopic (exact) mass is 246 g/mol. The van der Waals surface area contributed by atoms with Gasteiger partial charge in [0.1, 0.15) is 6.61 Å². The van der Waals surface area contributed by atoms with Gasteiger partial charge in [0, 0.05) is 7.05 Å². The summed E-state index contributed by atoms with van der Waals surface area (Å²) in [7, 11) is -2.42. The molecule has 0 saturated carbocycles. The van der Waals surface area contributed by atoms with Gasteiger partial charge < -0.3 is 9.57 Å². The van der Waals surface area contributed by atoms with E-state index in [2.05, 4.69) is 10.3 Å². The number of oxime groups is 1. The first-order valence-corrected chi connectivity index (χ1v) is 5.92. The van der Waals surface area contributed by atoms with E-state index in [4.69, 9.17) is 14.7 Å². The Hall–Kier alpha value is -1.61. The lowest BCUT2D eigenvalue weighted by atomic mass is 10.3. The average molecular weight is 246 g/mol. The zero-order chi connectivity index (χ0) is 11.8. The number of rotatable bonds is 2. The van der Waals surface area contributed by atoms with Gasteiger partial charge in [-0.3, -0.25) is 4.68 Å². The van der Waals surface area contributed by atoms with Crippen molar-refractivity contribution in [2.75, 3.05) is 13.2 Å². The van der Waals surface area contributed by atoms with Gasteiger partial charge in [0.2, 0.25) is 0 Å². The van der Waals surface area contributed by atoms with Crippen LogP contribution in [-0.2, 0) is 26.6 Å². The summed E-state index contributed by atoms with van der Waals surface area (Å²) in [5, 5.41) is 12.3. The van der Waals surface area contributed by atoms with Crippen LogP contribution in [0.5, 0.6) is 0 Å². The molecule has 0 bridgehead atoms. The summed E-state index contributed by atoms with van der Waals surface area (Å²) >= 11 is 0. The molecule has 2 heterocycles. The first-order chi connectivity index (χ1) is 7.50. The molecule has 16 heavy (non-hydrogen) atoms. The molecule has 1 aromatic rings. The summed E-state index contributed by atoms with van der Waals surface area (Å²) in [6.45, 7) is 0.631. The highest BCUT2D eigenvalue weighted by Gasteiger charge is 2.25. The highest BCUT2D eigenvalue weighted by molar-refractivity contribution is 7.89. The van der Waals surface area contributed by atoms with Crippen molar-refractivity contribution in [3.05, 3.63) is 11.8 Å². The van der Waals surface area contributed by atoms with Gasteiger partial charge in [0.05, 0.1) is 11.8 Å². The number of ether oxygens (including phenoxy) is 1. The van der Waals surface area contributed by atoms with Crippen LogP contribution in [0, 0.1) is 0 Å². The molecule has 2 rings (SSSR count). The SMILES string of the molecule is Cn1ncc(C2=NOCCO2)c1S(N)(=O)=O. The van der Waals surface area contributed by atoms with Gasteiger partial charge in [0.15, 0.2) is 11.6 Å². The minimum atomic E-state index is -3.89. The molecule has 0 saturated heterocycles. The quantitative estimate of drug-likeness (QED) is 0.703. The van der Waals surface area contributed by atoms with Crippen LogP contribution in [0.2, 0.25) is 0 Å². The van der Waals surface area contributed by atoms with Gasteiger partial charge in [-0.15, -0.1) is 0 Å². The van der Waals surface area contributed by atoms with Crippen LogP contribution in [0.15, 0.2) is 16.4 Å². The lowest BCUT2D eigenvalue weighted by Gasteiger charge is -2.13. The lowest BCUT2D eigenvalue weighted by Crippen LogP contribution is -2.23. The Balaban J connectivity index is 2.54. The molecule has 1 aromatic heterocycles. The molecule has 0 atom stereocenters. The summed E-state index contributed by atoms with van der Waals surface area (Å²) in [6, 6.07) is 0. The zero-order valence-corrected chi connectivity index (χ0v) is 9.27. The summed E-state index contributed by atoms with van der Waals surface area (Å²) < 4.78 is 29.0. The Morgan fingerprint density at radius 3 is 2.81 bits per heavy atom. The van der Waals surface area contributed by atoms with Gasteiger partial charge in [-0.2, -0.15) is 5.10 Å². The van der Waals surface area contributed by atoms with Gasteiger partial charge in [-0.05, 0) is 5.16 Å². The van der Waals surface area contributed by atoms with E-state index in [1.54, 1.807) is 0 Å². The highest BCUT2D eigenvalue weighted by atomic mass is 32.2. The van der Waals surface area contributed by atoms with E-state index in [0.29, 0.717) is 13.2 Å². The number of nitrogens with zero attached hydrogens (tertiary/aromatic N) is 3. The second-order valence-corrected chi connectivity index (χ2v) is 4.59. The Labute approximate surface area is 91.7 Å². The third kappa shape index (κ3) is 1.86. The molecule has 0 aliphatic carbocycles. The van der Waals surface area contributed by atoms with Crippen LogP contribution in [0.3, 0.4) is 0 Å². The Morgan fingerprint density at radius 1 is 1.50 bits per heavy atom. The predicted octanol–water partition coefficient (Wildman–Crippen LogP) is -1.22. The Morgan fingerprint density at radius 2 is 2.25 bits per heavy atom. The fraction of sp³-hybridized carbons (Fsp3) is 0.429. The largest absolute Gasteiger partial charge is 0.471 e. The number of nitrogens with two attached hydrogens (primary N) is 1. The average Bonchev–Trinajstić information content (AvgIpc) is 2.61. The Kier molecular flexibility index (Phi) is 2.56. The number of aryl methyl sites for hydroxylation is 1. The molecule has 0 amide bonds. The van der Waals surface area contributed by atoms with Crippen molar-refractivity contribution in [1.29, 1.82) is 0 Å². The third-order valence-electron chi connectivity index (χ3n) is 1.95. The van der Waals surface area contributed by atoms with Crippen molar-refractivity contribution < 1.29 is 18.0 Å². The minimum Gasteiger partial charge on any atom is -0.471 e. The van der Waals surface area contributed by atoms with E-state index >= 15 is 0 Å². The second kappa shape index (κ2) is 3.76. The minimum absolute atomic E-state index is 0.0726. The van der Waals surface area contributed by atoms with Crippen LogP contribution >= 0.6 is 0 Å². The van der Waals surface area contributed by atoms with Gasteiger partial charge in [0.25, 0.3) is 15.9 Å². The van der Waals surface area contributed by atoms with E-state index < -0.39 is 10.0 Å². The first-order valence-electron chi connectivity index (χ1n) is 4.38. The summed E-state index contributed by atoms with van der Waals surface area (Å²) in [4.78, 5) is 4.80. The molecular formula is C7H10N4O4S. The fourth-order valence-electron chi connectivity index (χ4n) is 1.34. The normalized spacial score (nSPS) is 16.2. The number of sulfonamides is 1. The summed E-state index contributed by atoms with van der Waals surface area (Å²) in [6.07, 6.45) is 1.31. The first kappa shape index (κ1) is 10.9. The van der Waals surface area contributed by atoms with Crippen molar-refractivity contribution >= 4 is 15.9 Å². The number of hydrogen-bond donors (Lipinski definition) is 1. The van der Waals surface area contributed by atoms with E-state index in [0.717, 1.165) is 4.68 Å². The zero-order valence-electron chi connectivity index (χ0n) is 8.45. The molecule has 9 heteroatoms. The third-order valence-corrected chi connectivity index (χ3v) is 2.97. The van der Waals surface area contributed by atoms with Crippen molar-refractivity contribution in [3.8, 4) is 0 Å². The molecule has 0 fully saturated rings. The number of primary sulfonamides is 1. The maximum absolute atomic E-state index is 11.3. The van der Waals surface area contributed by atoms with E-state index in [9.17, 15) is 8.42 Å². The Bertz CT molecular complexity index is 533. The van der Waals surface area contributed by atoms with Gasteiger partial charge in [-0.1, -0.05) is 0 Å². The van der Waals surface area contributed by atoms with E-state index in [1.165, 1.54) is 13.2 Å². The fourth-order valence-corrected chi connectivity index (χ4v) is 2.21. The van der Waals surface area contributed by atoms with Crippen molar-refractivity contribution in [2.45, 2.75) is 5.03 Å². The maximum atomic E-state index is 11.3. The van der Waals surface area contributed by atoms with Gasteiger partial charge in [-0.25, -0.2) is 13.6 Å². The molecule has 88 valence electrons. The van der Waals surface area contributed by atoms with E-state index in [1.807, 2.05) is 0 Å². The number of hydrogen-bond acceptors (Lipinski definition) is 6. The molecule has 0 unspecified atom stereocenters. The van der Waals surface area contributed by atoms with Crippen molar-refractivity contribution in [1.82, 2.24) is 9.78 Å². The van der Waals surface area contributed by atoms with Crippen molar-refractivity contribution in [3.63, 3.8) is 0 Å². The van der Waals surface area contributed by atoms with Crippen LogP contribution < -0.4 is 5.14 Å². The molecule has 1 aliphatic rings. The summed E-state index contributed by atoms with van der Waals surface area (Å²) in [5.74, 6) is 0.0726. The molecule has 8 nitrogen and oxygen atoms in total. The standard InChI is InChI=1S/C7H10N4O4S/c1-11-7(16(8,12)13)5(4-9-11)6-10-15-3-2-14-6/h4H,2-3H2,1H3,(H2,8,12,13). The topological polar surface area (TPSA) is 109 Å². The molecule has 0 spiro atoms. The molecular weight excluding hydrogens is 236 g/mol. The molecule has 2 N–H and O–H groups in total. The second-order valence-electron chi connectivity index (χ2n) is 3.11. The predicted molar refractivity (Wildman–Crippen MR) is 53.0 cm³/mol.